The van der Waals surface area contributed by atoms with Crippen LogP contribution < -0.4 is 15.5 Å². The monoisotopic (exact) mass is 359 g/mol. The molecule has 0 spiro atoms. The summed E-state index contributed by atoms with van der Waals surface area (Å²) in [5.74, 6) is -1.71. The Morgan fingerprint density at radius 2 is 1.73 bits per heavy atom. The molecule has 1 amide bonds. The lowest BCUT2D eigenvalue weighted by molar-refractivity contribution is -0.116. The van der Waals surface area contributed by atoms with Crippen LogP contribution in [0.25, 0.3) is 0 Å². The molecule has 2 aromatic rings. The lowest BCUT2D eigenvalue weighted by atomic mass is 10.1. The molecule has 0 aliphatic carbocycles. The lowest BCUT2D eigenvalue weighted by Crippen LogP contribution is -2.32. The summed E-state index contributed by atoms with van der Waals surface area (Å²) >= 11 is 0. The third kappa shape index (κ3) is 4.50. The highest BCUT2D eigenvalue weighted by Gasteiger charge is 2.16. The zero-order chi connectivity index (χ0) is 18.5. The van der Waals surface area contributed by atoms with E-state index in [4.69, 9.17) is 0 Å². The van der Waals surface area contributed by atoms with Crippen molar-refractivity contribution in [1.82, 2.24) is 0 Å². The van der Waals surface area contributed by atoms with Crippen molar-refractivity contribution >= 4 is 23.0 Å². The Morgan fingerprint density at radius 3 is 2.42 bits per heavy atom. The quantitative estimate of drug-likeness (QED) is 0.832. The number of carbonyl (C=O) groups excluding carboxylic acids is 1. The number of piperidine rings is 1. The maximum absolute atomic E-state index is 13.6. The van der Waals surface area contributed by atoms with Gasteiger partial charge in [0, 0.05) is 30.5 Å². The topological polar surface area (TPSA) is 44.4 Å². The molecular formula is C20H23F2N3O. The number of halogens is 2. The van der Waals surface area contributed by atoms with Gasteiger partial charge in [0.15, 0.2) is 0 Å². The molecule has 4 nitrogen and oxygen atoms in total. The fourth-order valence-corrected chi connectivity index (χ4v) is 3.07. The molecule has 1 aliphatic rings. The van der Waals surface area contributed by atoms with Crippen molar-refractivity contribution in [2.45, 2.75) is 32.2 Å². The second-order valence-electron chi connectivity index (χ2n) is 6.57. The van der Waals surface area contributed by atoms with Crippen molar-refractivity contribution in [2.75, 3.05) is 28.6 Å². The molecule has 6 heteroatoms. The minimum absolute atomic E-state index is 0.163. The highest BCUT2D eigenvalue weighted by atomic mass is 19.1. The lowest BCUT2D eigenvalue weighted by Gasteiger charge is -2.29. The molecule has 0 radical (unpaired) electrons. The molecule has 1 saturated heterocycles. The van der Waals surface area contributed by atoms with Gasteiger partial charge in [0.05, 0.1) is 5.69 Å². The molecule has 1 heterocycles. The molecule has 2 N–H and O–H groups in total. The van der Waals surface area contributed by atoms with Gasteiger partial charge < -0.3 is 15.5 Å². The Kier molecular flexibility index (Phi) is 5.71. The maximum Gasteiger partial charge on any atom is 0.246 e. The van der Waals surface area contributed by atoms with Crippen molar-refractivity contribution in [1.29, 1.82) is 0 Å². The van der Waals surface area contributed by atoms with Crippen LogP contribution in [0, 0.1) is 11.6 Å². The molecule has 0 unspecified atom stereocenters. The van der Waals surface area contributed by atoms with Gasteiger partial charge in [-0.3, -0.25) is 4.79 Å². The van der Waals surface area contributed by atoms with Crippen LogP contribution in [0.2, 0.25) is 0 Å². The predicted octanol–water partition coefficient (Wildman–Crippen LogP) is 4.39. The summed E-state index contributed by atoms with van der Waals surface area (Å²) in [6, 6.07) is 10.3. The summed E-state index contributed by atoms with van der Waals surface area (Å²) in [7, 11) is 0. The van der Waals surface area contributed by atoms with Gasteiger partial charge in [-0.15, -0.1) is 0 Å². The zero-order valence-electron chi connectivity index (χ0n) is 14.8. The van der Waals surface area contributed by atoms with Gasteiger partial charge in [0.2, 0.25) is 5.91 Å². The smallest absolute Gasteiger partial charge is 0.246 e. The van der Waals surface area contributed by atoms with E-state index in [2.05, 4.69) is 15.5 Å². The van der Waals surface area contributed by atoms with E-state index in [9.17, 15) is 13.6 Å². The number of benzene rings is 2. The zero-order valence-corrected chi connectivity index (χ0v) is 14.8. The summed E-state index contributed by atoms with van der Waals surface area (Å²) in [6.07, 6.45) is 3.72. The van der Waals surface area contributed by atoms with Gasteiger partial charge in [-0.05, 0) is 62.6 Å². The minimum atomic E-state index is -0.669. The number of amides is 1. The number of nitrogens with zero attached hydrogens (tertiary/aromatic N) is 1. The molecule has 138 valence electrons. The normalized spacial score (nSPS) is 15.4. The predicted molar refractivity (Wildman–Crippen MR) is 101 cm³/mol. The van der Waals surface area contributed by atoms with Crippen LogP contribution in [0.3, 0.4) is 0 Å². The number of rotatable bonds is 5. The molecule has 1 aliphatic heterocycles. The molecular weight excluding hydrogens is 336 g/mol. The fraction of sp³-hybridized carbons (Fsp3) is 0.350. The maximum atomic E-state index is 13.6. The first kappa shape index (κ1) is 18.2. The van der Waals surface area contributed by atoms with Gasteiger partial charge in [-0.2, -0.15) is 0 Å². The van der Waals surface area contributed by atoms with Crippen molar-refractivity contribution in [2.24, 2.45) is 0 Å². The first-order chi connectivity index (χ1) is 12.5. The Bertz CT molecular complexity index is 758. The second kappa shape index (κ2) is 8.17. The third-order valence-corrected chi connectivity index (χ3v) is 4.55. The molecule has 0 saturated carbocycles. The van der Waals surface area contributed by atoms with E-state index in [1.165, 1.54) is 24.9 Å². The number of carbonyl (C=O) groups is 1. The van der Waals surface area contributed by atoms with Gasteiger partial charge in [0.1, 0.15) is 17.7 Å². The first-order valence-electron chi connectivity index (χ1n) is 8.90. The summed E-state index contributed by atoms with van der Waals surface area (Å²) in [5, 5.41) is 5.49. The van der Waals surface area contributed by atoms with Crippen LogP contribution in [0.15, 0.2) is 42.5 Å². The van der Waals surface area contributed by atoms with Crippen LogP contribution >= 0.6 is 0 Å². The van der Waals surface area contributed by atoms with E-state index in [0.717, 1.165) is 37.0 Å². The van der Waals surface area contributed by atoms with E-state index in [1.54, 1.807) is 6.92 Å². The van der Waals surface area contributed by atoms with E-state index >= 15 is 0 Å². The standard InChI is InChI=1S/C20H23F2N3O/c1-14(20(26)24-19-13-15(21)5-10-18(19)22)23-16-6-8-17(9-7-16)25-11-3-2-4-12-25/h5-10,13-14,23H,2-4,11-12H2,1H3,(H,24,26)/t14-/m1/s1. The van der Waals surface area contributed by atoms with Crippen molar-refractivity contribution in [3.05, 3.63) is 54.1 Å². The van der Waals surface area contributed by atoms with Crippen LogP contribution in [-0.2, 0) is 4.79 Å². The fourth-order valence-electron chi connectivity index (χ4n) is 3.07. The van der Waals surface area contributed by atoms with Crippen LogP contribution in [0.5, 0.6) is 0 Å². The summed E-state index contributed by atoms with van der Waals surface area (Å²) < 4.78 is 26.8. The molecule has 0 aromatic heterocycles. The van der Waals surface area contributed by atoms with Crippen molar-refractivity contribution < 1.29 is 13.6 Å². The van der Waals surface area contributed by atoms with Gasteiger partial charge >= 0.3 is 0 Å². The van der Waals surface area contributed by atoms with Crippen LogP contribution in [0.4, 0.5) is 25.8 Å². The number of anilines is 3. The molecule has 1 fully saturated rings. The number of hydrogen-bond acceptors (Lipinski definition) is 3. The molecule has 0 bridgehead atoms. The summed E-state index contributed by atoms with van der Waals surface area (Å²) in [5.41, 5.74) is 1.81. The number of hydrogen-bond donors (Lipinski definition) is 2. The van der Waals surface area contributed by atoms with Gasteiger partial charge in [0.25, 0.3) is 0 Å². The Hall–Kier alpha value is -2.63. The number of nitrogens with one attached hydrogen (secondary N) is 2. The van der Waals surface area contributed by atoms with Gasteiger partial charge in [-0.25, -0.2) is 8.78 Å². The SMILES string of the molecule is C[C@@H](Nc1ccc(N2CCCCC2)cc1)C(=O)Nc1cc(F)ccc1F. The highest BCUT2D eigenvalue weighted by molar-refractivity contribution is 5.96. The summed E-state index contributed by atoms with van der Waals surface area (Å²) in [6.45, 7) is 3.82. The molecule has 26 heavy (non-hydrogen) atoms. The molecule has 2 aromatic carbocycles. The average molecular weight is 359 g/mol. The van der Waals surface area contributed by atoms with E-state index < -0.39 is 23.6 Å². The minimum Gasteiger partial charge on any atom is -0.374 e. The largest absolute Gasteiger partial charge is 0.374 e. The summed E-state index contributed by atoms with van der Waals surface area (Å²) in [4.78, 5) is 14.6. The molecule has 3 rings (SSSR count). The highest BCUT2D eigenvalue weighted by Crippen LogP contribution is 2.22. The Labute approximate surface area is 152 Å². The van der Waals surface area contributed by atoms with Crippen LogP contribution in [-0.4, -0.2) is 25.0 Å². The average Bonchev–Trinajstić information content (AvgIpc) is 2.66. The Morgan fingerprint density at radius 1 is 1.04 bits per heavy atom. The van der Waals surface area contributed by atoms with Crippen LogP contribution in [0.1, 0.15) is 26.2 Å². The van der Waals surface area contributed by atoms with E-state index in [1.807, 2.05) is 24.3 Å². The van der Waals surface area contributed by atoms with Crippen molar-refractivity contribution in [3.63, 3.8) is 0 Å². The van der Waals surface area contributed by atoms with E-state index in [0.29, 0.717) is 0 Å². The van der Waals surface area contributed by atoms with E-state index in [-0.39, 0.29) is 5.69 Å². The third-order valence-electron chi connectivity index (χ3n) is 4.55. The van der Waals surface area contributed by atoms with Gasteiger partial charge in [-0.1, -0.05) is 0 Å². The Balaban J connectivity index is 1.59. The molecule has 1 atom stereocenters. The first-order valence-corrected chi connectivity index (χ1v) is 8.90. The van der Waals surface area contributed by atoms with Crippen molar-refractivity contribution in [3.8, 4) is 0 Å². The second-order valence-corrected chi connectivity index (χ2v) is 6.57.